The number of imidazole rings is 1. The molecule has 0 aliphatic carbocycles. The Kier molecular flexibility index (Phi) is 3.56. The van der Waals surface area contributed by atoms with Gasteiger partial charge in [0.25, 0.3) is 0 Å². The number of phenolic OH excluding ortho intramolecular Hbond substituents is 1. The quantitative estimate of drug-likeness (QED) is 0.883. The first-order chi connectivity index (χ1) is 10.6. The summed E-state index contributed by atoms with van der Waals surface area (Å²) in [6.45, 7) is 2.88. The highest BCUT2D eigenvalue weighted by Crippen LogP contribution is 2.42. The number of fused-ring (bicyclic) bond motifs is 1. The topological polar surface area (TPSA) is 50.1 Å². The molecule has 3 heterocycles. The molecular weight excluding hydrogens is 321 g/mol. The molecule has 116 valence electrons. The predicted molar refractivity (Wildman–Crippen MR) is 87.0 cm³/mol. The van der Waals surface area contributed by atoms with E-state index >= 15 is 0 Å². The van der Waals surface area contributed by atoms with Crippen LogP contribution in [0.25, 0.3) is 0 Å². The van der Waals surface area contributed by atoms with Crippen molar-refractivity contribution >= 4 is 23.2 Å². The monoisotopic (exact) mass is 337 g/mol. The van der Waals surface area contributed by atoms with E-state index in [0.717, 1.165) is 43.9 Å². The Bertz CT molecular complexity index is 722. The SMILES string of the molecule is Oc1ccc(Cl)c(Cl)c1[C@@H]1Cc2ncc(C3CCNC3)n2C1. The summed E-state index contributed by atoms with van der Waals surface area (Å²) in [5, 5.41) is 14.5. The number of aromatic nitrogens is 2. The minimum atomic E-state index is 0.128. The zero-order valence-electron chi connectivity index (χ0n) is 12.0. The number of phenols is 1. The fourth-order valence-electron chi connectivity index (χ4n) is 3.68. The summed E-state index contributed by atoms with van der Waals surface area (Å²) in [6.07, 6.45) is 3.94. The van der Waals surface area contributed by atoms with Crippen molar-refractivity contribution in [1.29, 1.82) is 0 Å². The summed E-state index contributed by atoms with van der Waals surface area (Å²) in [6, 6.07) is 3.25. The van der Waals surface area contributed by atoms with E-state index in [1.165, 1.54) is 5.69 Å². The molecule has 4 nitrogen and oxygen atoms in total. The van der Waals surface area contributed by atoms with Gasteiger partial charge in [0.15, 0.2) is 0 Å². The number of benzene rings is 1. The highest BCUT2D eigenvalue weighted by atomic mass is 35.5. The molecular formula is C16H17Cl2N3O. The van der Waals surface area contributed by atoms with Crippen LogP contribution in [-0.2, 0) is 13.0 Å². The maximum Gasteiger partial charge on any atom is 0.120 e. The van der Waals surface area contributed by atoms with Crippen LogP contribution in [0, 0.1) is 0 Å². The van der Waals surface area contributed by atoms with Gasteiger partial charge < -0.3 is 15.0 Å². The van der Waals surface area contributed by atoms with Crippen LogP contribution in [-0.4, -0.2) is 27.7 Å². The number of halogens is 2. The molecule has 1 aromatic carbocycles. The van der Waals surface area contributed by atoms with Gasteiger partial charge in [0.2, 0.25) is 0 Å². The van der Waals surface area contributed by atoms with Crippen LogP contribution in [0.3, 0.4) is 0 Å². The molecule has 1 unspecified atom stereocenters. The molecule has 2 aromatic rings. The van der Waals surface area contributed by atoms with Crippen LogP contribution in [0.15, 0.2) is 18.3 Å². The van der Waals surface area contributed by atoms with E-state index in [0.29, 0.717) is 16.0 Å². The van der Waals surface area contributed by atoms with Gasteiger partial charge in [-0.1, -0.05) is 23.2 Å². The van der Waals surface area contributed by atoms with Crippen molar-refractivity contribution in [2.45, 2.75) is 31.2 Å². The molecule has 2 atom stereocenters. The third kappa shape index (κ3) is 2.21. The average molecular weight is 338 g/mol. The maximum atomic E-state index is 10.2. The summed E-state index contributed by atoms with van der Waals surface area (Å²) in [5.41, 5.74) is 2.04. The van der Waals surface area contributed by atoms with Crippen LogP contribution in [0.1, 0.15) is 35.3 Å². The van der Waals surface area contributed by atoms with Crippen molar-refractivity contribution < 1.29 is 5.11 Å². The molecule has 6 heteroatoms. The largest absolute Gasteiger partial charge is 0.508 e. The summed E-state index contributed by atoms with van der Waals surface area (Å²) in [4.78, 5) is 4.58. The summed E-state index contributed by atoms with van der Waals surface area (Å²) < 4.78 is 2.29. The van der Waals surface area contributed by atoms with Gasteiger partial charge in [0.1, 0.15) is 11.6 Å². The number of hydrogen-bond donors (Lipinski definition) is 2. The Morgan fingerprint density at radius 1 is 1.27 bits per heavy atom. The van der Waals surface area contributed by atoms with Gasteiger partial charge in [-0.05, 0) is 25.1 Å². The molecule has 1 fully saturated rings. The van der Waals surface area contributed by atoms with Crippen LogP contribution >= 0.6 is 23.2 Å². The summed E-state index contributed by atoms with van der Waals surface area (Å²) >= 11 is 12.4. The van der Waals surface area contributed by atoms with Gasteiger partial charge in [0.05, 0.1) is 10.0 Å². The third-order valence-corrected chi connectivity index (χ3v) is 5.62. The first kappa shape index (κ1) is 14.4. The standard InChI is InChI=1S/C16H17Cl2N3O/c17-11-1-2-13(22)15(16(11)18)10-5-14-20-7-12(21(14)8-10)9-3-4-19-6-9/h1-2,7,9-10,19,22H,3-6,8H2/t9?,10-/m1/s1. The van der Waals surface area contributed by atoms with E-state index in [2.05, 4.69) is 14.9 Å². The van der Waals surface area contributed by atoms with Gasteiger partial charge in [-0.3, -0.25) is 0 Å². The molecule has 2 aliphatic heterocycles. The van der Waals surface area contributed by atoms with Crippen molar-refractivity contribution in [2.75, 3.05) is 13.1 Å². The predicted octanol–water partition coefficient (Wildman–Crippen LogP) is 3.31. The normalized spacial score (nSPS) is 23.9. The van der Waals surface area contributed by atoms with Gasteiger partial charge in [-0.25, -0.2) is 4.98 Å². The van der Waals surface area contributed by atoms with E-state index in [1.807, 2.05) is 6.20 Å². The van der Waals surface area contributed by atoms with Crippen molar-refractivity contribution in [1.82, 2.24) is 14.9 Å². The zero-order valence-corrected chi connectivity index (χ0v) is 13.5. The van der Waals surface area contributed by atoms with Crippen LogP contribution < -0.4 is 5.32 Å². The zero-order chi connectivity index (χ0) is 15.3. The van der Waals surface area contributed by atoms with Crippen LogP contribution in [0.2, 0.25) is 10.0 Å². The smallest absolute Gasteiger partial charge is 0.120 e. The number of aromatic hydroxyl groups is 1. The first-order valence-electron chi connectivity index (χ1n) is 7.57. The molecule has 1 saturated heterocycles. The fourth-order valence-corrected chi connectivity index (χ4v) is 4.16. The Morgan fingerprint density at radius 2 is 2.14 bits per heavy atom. The van der Waals surface area contributed by atoms with Crippen molar-refractivity contribution in [2.24, 2.45) is 0 Å². The van der Waals surface area contributed by atoms with Crippen LogP contribution in [0.5, 0.6) is 5.75 Å². The molecule has 0 radical (unpaired) electrons. The minimum Gasteiger partial charge on any atom is -0.508 e. The number of rotatable bonds is 2. The Labute approximate surface area is 139 Å². The minimum absolute atomic E-state index is 0.128. The van der Waals surface area contributed by atoms with Crippen LogP contribution in [0.4, 0.5) is 0 Å². The lowest BCUT2D eigenvalue weighted by atomic mass is 9.96. The second-order valence-corrected chi connectivity index (χ2v) is 6.88. The van der Waals surface area contributed by atoms with E-state index in [1.54, 1.807) is 12.1 Å². The first-order valence-corrected chi connectivity index (χ1v) is 8.32. The Morgan fingerprint density at radius 3 is 2.91 bits per heavy atom. The molecule has 0 saturated carbocycles. The van der Waals surface area contributed by atoms with Gasteiger partial charge in [0, 0.05) is 48.8 Å². The fraction of sp³-hybridized carbons (Fsp3) is 0.438. The Balaban J connectivity index is 1.67. The summed E-state index contributed by atoms with van der Waals surface area (Å²) in [7, 11) is 0. The van der Waals surface area contributed by atoms with E-state index < -0.39 is 0 Å². The van der Waals surface area contributed by atoms with Crippen molar-refractivity contribution in [3.8, 4) is 5.75 Å². The summed E-state index contributed by atoms with van der Waals surface area (Å²) in [5.74, 6) is 1.95. The lowest BCUT2D eigenvalue weighted by Gasteiger charge is -2.16. The van der Waals surface area contributed by atoms with E-state index in [-0.39, 0.29) is 11.7 Å². The number of hydrogen-bond acceptors (Lipinski definition) is 3. The van der Waals surface area contributed by atoms with E-state index in [4.69, 9.17) is 23.2 Å². The molecule has 2 N–H and O–H groups in total. The second-order valence-electron chi connectivity index (χ2n) is 6.09. The van der Waals surface area contributed by atoms with Gasteiger partial charge in [-0.15, -0.1) is 0 Å². The van der Waals surface area contributed by atoms with Gasteiger partial charge in [-0.2, -0.15) is 0 Å². The van der Waals surface area contributed by atoms with Crippen molar-refractivity contribution in [3.63, 3.8) is 0 Å². The molecule has 2 aliphatic rings. The van der Waals surface area contributed by atoms with Crippen molar-refractivity contribution in [3.05, 3.63) is 45.5 Å². The molecule has 22 heavy (non-hydrogen) atoms. The second kappa shape index (κ2) is 5.44. The molecule has 0 bridgehead atoms. The average Bonchev–Trinajstić information content (AvgIpc) is 3.18. The number of nitrogens with one attached hydrogen (secondary N) is 1. The highest BCUT2D eigenvalue weighted by Gasteiger charge is 2.32. The van der Waals surface area contributed by atoms with Gasteiger partial charge >= 0.3 is 0 Å². The lowest BCUT2D eigenvalue weighted by molar-refractivity contribution is 0.458. The highest BCUT2D eigenvalue weighted by molar-refractivity contribution is 6.42. The molecule has 4 rings (SSSR count). The number of nitrogens with zero attached hydrogens (tertiary/aromatic N) is 2. The molecule has 0 amide bonds. The molecule has 1 aromatic heterocycles. The molecule has 0 spiro atoms. The van der Waals surface area contributed by atoms with E-state index in [9.17, 15) is 5.11 Å². The maximum absolute atomic E-state index is 10.2. The lowest BCUT2D eigenvalue weighted by Crippen LogP contribution is -2.12. The third-order valence-electron chi connectivity index (χ3n) is 4.80. The Hall–Kier alpha value is -1.23.